The molecular weight excluding hydrogens is 216 g/mol. The van der Waals surface area contributed by atoms with Crippen molar-refractivity contribution in [1.29, 1.82) is 0 Å². The van der Waals surface area contributed by atoms with Gasteiger partial charge in [-0.3, -0.25) is 4.90 Å². The maximum absolute atomic E-state index is 9.05. The molecule has 1 aromatic carbocycles. The van der Waals surface area contributed by atoms with Gasteiger partial charge < -0.3 is 15.6 Å². The molecule has 94 valence electrons. The Hall–Kier alpha value is -0.940. The van der Waals surface area contributed by atoms with Crippen LogP contribution in [0.1, 0.15) is 17.2 Å². The third-order valence-electron chi connectivity index (χ3n) is 3.09. The van der Waals surface area contributed by atoms with Crippen molar-refractivity contribution in [1.82, 2.24) is 4.90 Å². The molecule has 1 aliphatic rings. The van der Waals surface area contributed by atoms with Crippen molar-refractivity contribution in [3.8, 4) is 0 Å². The van der Waals surface area contributed by atoms with Crippen LogP contribution in [0.4, 0.5) is 0 Å². The van der Waals surface area contributed by atoms with Gasteiger partial charge >= 0.3 is 0 Å². The van der Waals surface area contributed by atoms with Crippen LogP contribution in [-0.4, -0.2) is 42.9 Å². The standard InChI is InChI=1S/C13H20N2O2/c14-13(10-16)12-3-1-2-11(8-12)9-15-4-6-17-7-5-15/h1-3,8,13,16H,4-7,9-10,14H2. The van der Waals surface area contributed by atoms with Gasteiger partial charge in [-0.15, -0.1) is 0 Å². The fraction of sp³-hybridized carbons (Fsp3) is 0.538. The molecule has 0 amide bonds. The highest BCUT2D eigenvalue weighted by atomic mass is 16.5. The molecule has 17 heavy (non-hydrogen) atoms. The topological polar surface area (TPSA) is 58.7 Å². The summed E-state index contributed by atoms with van der Waals surface area (Å²) < 4.78 is 5.32. The Morgan fingerprint density at radius 3 is 2.82 bits per heavy atom. The lowest BCUT2D eigenvalue weighted by Gasteiger charge is -2.26. The molecule has 1 fully saturated rings. The fourth-order valence-corrected chi connectivity index (χ4v) is 2.04. The summed E-state index contributed by atoms with van der Waals surface area (Å²) in [6, 6.07) is 7.86. The van der Waals surface area contributed by atoms with Crippen molar-refractivity contribution < 1.29 is 9.84 Å². The zero-order valence-electron chi connectivity index (χ0n) is 10.0. The average molecular weight is 236 g/mol. The minimum Gasteiger partial charge on any atom is -0.394 e. The van der Waals surface area contributed by atoms with Gasteiger partial charge in [-0.05, 0) is 11.1 Å². The molecule has 0 radical (unpaired) electrons. The number of hydrogen-bond acceptors (Lipinski definition) is 4. The highest BCUT2D eigenvalue weighted by Crippen LogP contribution is 2.14. The third kappa shape index (κ3) is 3.51. The quantitative estimate of drug-likeness (QED) is 0.800. The summed E-state index contributed by atoms with van der Waals surface area (Å²) in [5.41, 5.74) is 8.05. The van der Waals surface area contributed by atoms with E-state index in [1.54, 1.807) is 0 Å². The minimum atomic E-state index is -0.278. The number of aliphatic hydroxyl groups is 1. The van der Waals surface area contributed by atoms with Crippen molar-refractivity contribution >= 4 is 0 Å². The molecule has 0 spiro atoms. The molecule has 2 rings (SSSR count). The molecule has 1 heterocycles. The van der Waals surface area contributed by atoms with Crippen LogP contribution in [0.3, 0.4) is 0 Å². The van der Waals surface area contributed by atoms with Gasteiger partial charge in [0.25, 0.3) is 0 Å². The van der Waals surface area contributed by atoms with Crippen LogP contribution in [0.5, 0.6) is 0 Å². The lowest BCUT2D eigenvalue weighted by molar-refractivity contribution is 0.0342. The van der Waals surface area contributed by atoms with E-state index in [4.69, 9.17) is 15.6 Å². The summed E-state index contributed by atoms with van der Waals surface area (Å²) in [7, 11) is 0. The van der Waals surface area contributed by atoms with Gasteiger partial charge in [0.2, 0.25) is 0 Å². The number of benzene rings is 1. The number of morpholine rings is 1. The third-order valence-corrected chi connectivity index (χ3v) is 3.09. The summed E-state index contributed by atoms with van der Waals surface area (Å²) >= 11 is 0. The molecule has 0 aliphatic carbocycles. The van der Waals surface area contributed by atoms with Crippen molar-refractivity contribution in [2.75, 3.05) is 32.9 Å². The molecule has 1 atom stereocenters. The predicted molar refractivity (Wildman–Crippen MR) is 66.6 cm³/mol. The van der Waals surface area contributed by atoms with Gasteiger partial charge in [0, 0.05) is 19.6 Å². The molecule has 1 aromatic rings. The Balaban J connectivity index is 2.00. The van der Waals surface area contributed by atoms with E-state index in [2.05, 4.69) is 17.0 Å². The van der Waals surface area contributed by atoms with Crippen LogP contribution < -0.4 is 5.73 Å². The van der Waals surface area contributed by atoms with Crippen LogP contribution in [0, 0.1) is 0 Å². The summed E-state index contributed by atoms with van der Waals surface area (Å²) in [4.78, 5) is 2.37. The van der Waals surface area contributed by atoms with Gasteiger partial charge in [-0.25, -0.2) is 0 Å². The first-order valence-corrected chi connectivity index (χ1v) is 6.05. The highest BCUT2D eigenvalue weighted by molar-refractivity contribution is 5.26. The Morgan fingerprint density at radius 1 is 1.35 bits per heavy atom. The van der Waals surface area contributed by atoms with E-state index in [-0.39, 0.29) is 12.6 Å². The summed E-state index contributed by atoms with van der Waals surface area (Å²) in [5, 5.41) is 9.05. The van der Waals surface area contributed by atoms with Crippen LogP contribution in [0.25, 0.3) is 0 Å². The van der Waals surface area contributed by atoms with Crippen LogP contribution >= 0.6 is 0 Å². The van der Waals surface area contributed by atoms with E-state index in [0.29, 0.717) is 0 Å². The molecule has 1 unspecified atom stereocenters. The SMILES string of the molecule is NC(CO)c1cccc(CN2CCOCC2)c1. The first-order valence-electron chi connectivity index (χ1n) is 6.05. The Bertz CT molecular complexity index is 351. The molecule has 0 aromatic heterocycles. The zero-order valence-corrected chi connectivity index (χ0v) is 10.0. The Morgan fingerprint density at radius 2 is 2.12 bits per heavy atom. The maximum Gasteiger partial charge on any atom is 0.0624 e. The van der Waals surface area contributed by atoms with Crippen LogP contribution in [-0.2, 0) is 11.3 Å². The van der Waals surface area contributed by atoms with Crippen molar-refractivity contribution in [3.63, 3.8) is 0 Å². The highest BCUT2D eigenvalue weighted by Gasteiger charge is 2.11. The van der Waals surface area contributed by atoms with E-state index in [1.165, 1.54) is 5.56 Å². The Labute approximate surface area is 102 Å². The number of rotatable bonds is 4. The minimum absolute atomic E-state index is 0.0129. The fourth-order valence-electron chi connectivity index (χ4n) is 2.04. The molecule has 4 nitrogen and oxygen atoms in total. The van der Waals surface area contributed by atoms with Crippen LogP contribution in [0.15, 0.2) is 24.3 Å². The lowest BCUT2D eigenvalue weighted by Crippen LogP contribution is -2.35. The first-order chi connectivity index (χ1) is 8.29. The number of ether oxygens (including phenoxy) is 1. The molecule has 1 aliphatic heterocycles. The molecule has 3 N–H and O–H groups in total. The first kappa shape index (κ1) is 12.5. The van der Waals surface area contributed by atoms with E-state index < -0.39 is 0 Å². The Kier molecular flexibility index (Phi) is 4.50. The number of nitrogens with zero attached hydrogens (tertiary/aromatic N) is 1. The molecule has 0 saturated carbocycles. The van der Waals surface area contributed by atoms with Crippen molar-refractivity contribution in [2.45, 2.75) is 12.6 Å². The second-order valence-corrected chi connectivity index (χ2v) is 4.42. The summed E-state index contributed by atoms with van der Waals surface area (Å²) in [6.07, 6.45) is 0. The smallest absolute Gasteiger partial charge is 0.0624 e. The van der Waals surface area contributed by atoms with Crippen LogP contribution in [0.2, 0.25) is 0 Å². The molecule has 4 heteroatoms. The van der Waals surface area contributed by atoms with E-state index in [9.17, 15) is 0 Å². The second kappa shape index (κ2) is 6.12. The average Bonchev–Trinajstić information content (AvgIpc) is 2.39. The molecule has 0 bridgehead atoms. The second-order valence-electron chi connectivity index (χ2n) is 4.42. The number of nitrogens with two attached hydrogens (primary N) is 1. The van der Waals surface area contributed by atoms with Crippen molar-refractivity contribution in [3.05, 3.63) is 35.4 Å². The van der Waals surface area contributed by atoms with E-state index in [1.807, 2.05) is 12.1 Å². The zero-order chi connectivity index (χ0) is 12.1. The van der Waals surface area contributed by atoms with E-state index in [0.717, 1.165) is 38.4 Å². The summed E-state index contributed by atoms with van der Waals surface area (Å²) in [5.74, 6) is 0. The van der Waals surface area contributed by atoms with Gasteiger partial charge in [0.05, 0.1) is 25.9 Å². The van der Waals surface area contributed by atoms with Gasteiger partial charge in [0.1, 0.15) is 0 Å². The monoisotopic (exact) mass is 236 g/mol. The van der Waals surface area contributed by atoms with Gasteiger partial charge in [-0.2, -0.15) is 0 Å². The largest absolute Gasteiger partial charge is 0.394 e. The molecular formula is C13H20N2O2. The van der Waals surface area contributed by atoms with Crippen molar-refractivity contribution in [2.24, 2.45) is 5.73 Å². The number of hydrogen-bond donors (Lipinski definition) is 2. The predicted octanol–water partition coefficient (Wildman–Crippen LogP) is 0.511. The van der Waals surface area contributed by atoms with E-state index >= 15 is 0 Å². The number of aliphatic hydroxyl groups excluding tert-OH is 1. The lowest BCUT2D eigenvalue weighted by atomic mass is 10.0. The van der Waals surface area contributed by atoms with Gasteiger partial charge in [-0.1, -0.05) is 24.3 Å². The normalized spacial score (nSPS) is 19.2. The van der Waals surface area contributed by atoms with Gasteiger partial charge in [0.15, 0.2) is 0 Å². The molecule has 1 saturated heterocycles. The maximum atomic E-state index is 9.05. The summed E-state index contributed by atoms with van der Waals surface area (Å²) in [6.45, 7) is 4.51.